The van der Waals surface area contributed by atoms with E-state index in [-0.39, 0.29) is 29.9 Å². The van der Waals surface area contributed by atoms with E-state index in [1.807, 2.05) is 0 Å². The van der Waals surface area contributed by atoms with Crippen LogP contribution in [0, 0.1) is 0 Å². The van der Waals surface area contributed by atoms with E-state index in [1.165, 1.54) is 6.20 Å². The molecule has 0 aliphatic rings. The summed E-state index contributed by atoms with van der Waals surface area (Å²) in [7, 11) is 0. The summed E-state index contributed by atoms with van der Waals surface area (Å²) < 4.78 is 47.0. The molecule has 3 N–H and O–H groups in total. The topological polar surface area (TPSA) is 125 Å². The number of carbonyl (C=O) groups is 1. The van der Waals surface area contributed by atoms with E-state index in [0.29, 0.717) is 16.9 Å². The van der Waals surface area contributed by atoms with Gasteiger partial charge in [0.1, 0.15) is 11.4 Å². The third kappa shape index (κ3) is 4.90. The van der Waals surface area contributed by atoms with E-state index in [9.17, 15) is 18.0 Å². The summed E-state index contributed by atoms with van der Waals surface area (Å²) in [4.78, 5) is 15.8. The van der Waals surface area contributed by atoms with Crippen molar-refractivity contribution >= 4 is 5.91 Å². The van der Waals surface area contributed by atoms with Crippen molar-refractivity contribution in [2.45, 2.75) is 25.7 Å². The lowest BCUT2D eigenvalue weighted by molar-refractivity contribution is -0.141. The lowest BCUT2D eigenvalue weighted by Gasteiger charge is -2.10. The molecule has 0 unspecified atom stereocenters. The Morgan fingerprint density at radius 3 is 2.64 bits per heavy atom. The number of amides is 1. The molecule has 1 atom stereocenters. The fourth-order valence-electron chi connectivity index (χ4n) is 2.94. The quantitative estimate of drug-likeness (QED) is 0.456. The van der Waals surface area contributed by atoms with Crippen LogP contribution in [0.4, 0.5) is 13.2 Å². The fourth-order valence-corrected chi connectivity index (χ4v) is 2.94. The summed E-state index contributed by atoms with van der Waals surface area (Å²) in [6.45, 7) is 1.69. The summed E-state index contributed by atoms with van der Waals surface area (Å²) in [5.74, 6) is -0.457. The zero-order valence-electron chi connectivity index (χ0n) is 17.2. The molecule has 0 spiro atoms. The summed E-state index contributed by atoms with van der Waals surface area (Å²) >= 11 is 0. The first-order valence-corrected chi connectivity index (χ1v) is 9.77. The third-order valence-corrected chi connectivity index (χ3v) is 4.56. The number of benzene rings is 1. The van der Waals surface area contributed by atoms with E-state index in [0.717, 1.165) is 10.7 Å². The number of hydrogen-bond acceptors (Lipinski definition) is 7. The molecule has 33 heavy (non-hydrogen) atoms. The highest BCUT2D eigenvalue weighted by Gasteiger charge is 2.36. The van der Waals surface area contributed by atoms with Crippen LogP contribution in [0.15, 0.2) is 59.1 Å². The van der Waals surface area contributed by atoms with Gasteiger partial charge in [0.15, 0.2) is 5.69 Å². The molecular weight excluding hydrogens is 439 g/mol. The Bertz CT molecular complexity index is 1270. The highest BCUT2D eigenvalue weighted by atomic mass is 19.4. The summed E-state index contributed by atoms with van der Waals surface area (Å²) in [5.41, 5.74) is 5.69. The molecule has 0 aliphatic carbocycles. The van der Waals surface area contributed by atoms with Gasteiger partial charge in [-0.15, -0.1) is 10.2 Å². The standard InChI is InChI=1S/C21H18F3N7O2/c1-12(25)18(32)27-11-13-5-4-6-14(9-13)31-16(10-17(30-31)21(22,23)24)20-29-28-19(33-20)15-7-2-3-8-26-15/h2-10,12H,11,25H2,1H3,(H,27,32)/t12-/m0/s1. The Kier molecular flexibility index (Phi) is 5.92. The summed E-state index contributed by atoms with van der Waals surface area (Å²) in [5, 5.41) is 14.1. The van der Waals surface area contributed by atoms with E-state index in [4.69, 9.17) is 10.2 Å². The second kappa shape index (κ2) is 8.82. The number of aromatic nitrogens is 5. The Labute approximate surface area is 185 Å². The molecule has 0 bridgehead atoms. The van der Waals surface area contributed by atoms with Crippen molar-refractivity contribution in [1.29, 1.82) is 0 Å². The van der Waals surface area contributed by atoms with Crippen LogP contribution in [-0.4, -0.2) is 36.9 Å². The molecular formula is C21H18F3N7O2. The van der Waals surface area contributed by atoms with Crippen LogP contribution < -0.4 is 11.1 Å². The van der Waals surface area contributed by atoms with Crippen molar-refractivity contribution < 1.29 is 22.4 Å². The number of carbonyl (C=O) groups excluding carboxylic acids is 1. The van der Waals surface area contributed by atoms with Gasteiger partial charge in [0.2, 0.25) is 5.91 Å². The van der Waals surface area contributed by atoms with E-state index in [1.54, 1.807) is 49.4 Å². The first-order valence-electron chi connectivity index (χ1n) is 9.77. The average Bonchev–Trinajstić information content (AvgIpc) is 3.45. The number of pyridine rings is 1. The zero-order valence-corrected chi connectivity index (χ0v) is 17.2. The highest BCUT2D eigenvalue weighted by Crippen LogP contribution is 2.33. The van der Waals surface area contributed by atoms with Crippen molar-refractivity contribution in [2.75, 3.05) is 0 Å². The Balaban J connectivity index is 1.72. The van der Waals surface area contributed by atoms with Crippen molar-refractivity contribution in [3.63, 3.8) is 0 Å². The Morgan fingerprint density at radius 2 is 1.94 bits per heavy atom. The van der Waals surface area contributed by atoms with Gasteiger partial charge >= 0.3 is 6.18 Å². The van der Waals surface area contributed by atoms with Gasteiger partial charge in [-0.1, -0.05) is 18.2 Å². The molecule has 0 saturated heterocycles. The number of hydrogen-bond donors (Lipinski definition) is 2. The van der Waals surface area contributed by atoms with Crippen LogP contribution in [0.1, 0.15) is 18.2 Å². The molecule has 12 heteroatoms. The average molecular weight is 457 g/mol. The van der Waals surface area contributed by atoms with Gasteiger partial charge in [0.25, 0.3) is 11.8 Å². The van der Waals surface area contributed by atoms with Crippen LogP contribution >= 0.6 is 0 Å². The maximum atomic E-state index is 13.4. The Hall–Kier alpha value is -4.06. The highest BCUT2D eigenvalue weighted by molar-refractivity contribution is 5.80. The maximum Gasteiger partial charge on any atom is 0.435 e. The number of alkyl halides is 3. The van der Waals surface area contributed by atoms with Crippen molar-refractivity contribution in [1.82, 2.24) is 30.3 Å². The van der Waals surface area contributed by atoms with Gasteiger partial charge in [-0.3, -0.25) is 9.78 Å². The summed E-state index contributed by atoms with van der Waals surface area (Å²) in [6.07, 6.45) is -3.16. The van der Waals surface area contributed by atoms with Gasteiger partial charge in [-0.25, -0.2) is 4.68 Å². The van der Waals surface area contributed by atoms with Crippen LogP contribution in [0.2, 0.25) is 0 Å². The lowest BCUT2D eigenvalue weighted by Crippen LogP contribution is -2.37. The minimum atomic E-state index is -4.69. The van der Waals surface area contributed by atoms with E-state index >= 15 is 0 Å². The van der Waals surface area contributed by atoms with Gasteiger partial charge in [-0.2, -0.15) is 18.3 Å². The summed E-state index contributed by atoms with van der Waals surface area (Å²) in [6, 6.07) is 11.7. The predicted octanol–water partition coefficient (Wildman–Crippen LogP) is 2.97. The predicted molar refractivity (Wildman–Crippen MR) is 111 cm³/mol. The molecule has 0 aliphatic heterocycles. The van der Waals surface area contributed by atoms with Gasteiger partial charge in [0.05, 0.1) is 11.7 Å². The Morgan fingerprint density at radius 1 is 1.15 bits per heavy atom. The van der Waals surface area contributed by atoms with Crippen molar-refractivity contribution in [3.05, 3.63) is 66.0 Å². The molecule has 0 saturated carbocycles. The SMILES string of the molecule is C[C@H](N)C(=O)NCc1cccc(-n2nc(C(F)(F)F)cc2-c2nnc(-c3ccccn3)o2)c1. The number of halogens is 3. The first kappa shape index (κ1) is 22.1. The van der Waals surface area contributed by atoms with Crippen LogP contribution in [-0.2, 0) is 17.5 Å². The van der Waals surface area contributed by atoms with Crippen molar-refractivity contribution in [2.24, 2.45) is 5.73 Å². The number of nitrogens with two attached hydrogens (primary N) is 1. The van der Waals surface area contributed by atoms with Gasteiger partial charge < -0.3 is 15.5 Å². The van der Waals surface area contributed by atoms with Crippen molar-refractivity contribution in [3.8, 4) is 28.9 Å². The molecule has 9 nitrogen and oxygen atoms in total. The molecule has 170 valence electrons. The molecule has 4 rings (SSSR count). The number of nitrogens with zero attached hydrogens (tertiary/aromatic N) is 5. The first-order chi connectivity index (χ1) is 15.7. The second-order valence-electron chi connectivity index (χ2n) is 7.13. The second-order valence-corrected chi connectivity index (χ2v) is 7.13. The van der Waals surface area contributed by atoms with Crippen LogP contribution in [0.25, 0.3) is 28.9 Å². The van der Waals surface area contributed by atoms with Gasteiger partial charge in [-0.05, 0) is 36.8 Å². The monoisotopic (exact) mass is 457 g/mol. The largest absolute Gasteiger partial charge is 0.435 e. The minimum absolute atomic E-state index is 0.0474. The van der Waals surface area contributed by atoms with Crippen LogP contribution in [0.3, 0.4) is 0 Å². The number of nitrogens with one attached hydrogen (secondary N) is 1. The van der Waals surface area contributed by atoms with E-state index < -0.39 is 17.9 Å². The smallest absolute Gasteiger partial charge is 0.413 e. The van der Waals surface area contributed by atoms with E-state index in [2.05, 4.69) is 25.6 Å². The molecule has 1 amide bonds. The lowest BCUT2D eigenvalue weighted by atomic mass is 10.2. The molecule has 3 heterocycles. The third-order valence-electron chi connectivity index (χ3n) is 4.56. The molecule has 0 fully saturated rings. The zero-order chi connectivity index (χ0) is 23.6. The number of rotatable bonds is 6. The van der Waals surface area contributed by atoms with Gasteiger partial charge in [0, 0.05) is 18.8 Å². The molecule has 3 aromatic heterocycles. The minimum Gasteiger partial charge on any atom is -0.413 e. The normalized spacial score (nSPS) is 12.5. The van der Waals surface area contributed by atoms with Crippen LogP contribution in [0.5, 0.6) is 0 Å². The maximum absolute atomic E-state index is 13.4. The molecule has 1 aromatic carbocycles. The molecule has 0 radical (unpaired) electrons. The molecule has 4 aromatic rings. The fraction of sp³-hybridized carbons (Fsp3) is 0.190.